The van der Waals surface area contributed by atoms with Gasteiger partial charge in [-0.3, -0.25) is 0 Å². The molecule has 2 rings (SSSR count). The molecule has 0 amide bonds. The van der Waals surface area contributed by atoms with Crippen LogP contribution >= 0.6 is 27.3 Å². The topological polar surface area (TPSA) is 42.4 Å². The fraction of sp³-hybridized carbons (Fsp3) is 0.100. The van der Waals surface area contributed by atoms with E-state index in [-0.39, 0.29) is 6.61 Å². The summed E-state index contributed by atoms with van der Waals surface area (Å²) < 4.78 is 6.50. The van der Waals surface area contributed by atoms with Crippen LogP contribution in [0.4, 0.5) is 0 Å². The number of aromatic nitrogens is 1. The minimum absolute atomic E-state index is 0.0554. The molecule has 1 aromatic carbocycles. The smallest absolute Gasteiger partial charge is 0.278 e. The molecule has 1 aromatic heterocycles. The average Bonchev–Trinajstić information content (AvgIpc) is 2.69. The highest BCUT2D eigenvalue weighted by atomic mass is 79.9. The number of aliphatic hydroxyl groups is 1. The highest BCUT2D eigenvalue weighted by Crippen LogP contribution is 2.26. The van der Waals surface area contributed by atoms with E-state index in [9.17, 15) is 0 Å². The van der Waals surface area contributed by atoms with Gasteiger partial charge in [-0.1, -0.05) is 27.3 Å². The molecule has 2 aromatic rings. The molecule has 0 fully saturated rings. The fourth-order valence-electron chi connectivity index (χ4n) is 1.01. The van der Waals surface area contributed by atoms with Crippen molar-refractivity contribution >= 4 is 27.3 Å². The van der Waals surface area contributed by atoms with Crippen LogP contribution in [0.25, 0.3) is 0 Å². The van der Waals surface area contributed by atoms with E-state index in [0.717, 1.165) is 10.2 Å². The first-order chi connectivity index (χ1) is 7.28. The van der Waals surface area contributed by atoms with E-state index in [0.29, 0.717) is 10.9 Å². The van der Waals surface area contributed by atoms with Crippen LogP contribution in [0.15, 0.2) is 34.1 Å². The molecule has 15 heavy (non-hydrogen) atoms. The van der Waals surface area contributed by atoms with Gasteiger partial charge >= 0.3 is 0 Å². The first-order valence-corrected chi connectivity index (χ1v) is 5.94. The van der Waals surface area contributed by atoms with Crippen molar-refractivity contribution in [3.05, 3.63) is 39.8 Å². The maximum Gasteiger partial charge on any atom is 0.278 e. The molecule has 3 nitrogen and oxygen atoms in total. The summed E-state index contributed by atoms with van der Waals surface area (Å²) in [7, 11) is 0. The van der Waals surface area contributed by atoms with Crippen molar-refractivity contribution in [3.63, 3.8) is 0 Å². The zero-order valence-electron chi connectivity index (χ0n) is 7.68. The molecule has 0 aliphatic carbocycles. The minimum atomic E-state index is -0.0554. The van der Waals surface area contributed by atoms with Crippen molar-refractivity contribution in [3.8, 4) is 10.9 Å². The Hall–Kier alpha value is -0.910. The summed E-state index contributed by atoms with van der Waals surface area (Å²) in [5, 5.41) is 11.2. The molecular formula is C10H8BrNO2S. The van der Waals surface area contributed by atoms with Crippen LogP contribution in [0.2, 0.25) is 0 Å². The second kappa shape index (κ2) is 4.74. The van der Waals surface area contributed by atoms with Gasteiger partial charge in [0.05, 0.1) is 12.3 Å². The summed E-state index contributed by atoms with van der Waals surface area (Å²) in [4.78, 5) is 4.08. The quantitative estimate of drug-likeness (QED) is 0.942. The predicted molar refractivity (Wildman–Crippen MR) is 62.3 cm³/mol. The first-order valence-electron chi connectivity index (χ1n) is 4.26. The van der Waals surface area contributed by atoms with Gasteiger partial charge in [0.25, 0.3) is 5.19 Å². The third-order valence-electron chi connectivity index (χ3n) is 1.71. The molecule has 1 heterocycles. The lowest BCUT2D eigenvalue weighted by atomic mass is 10.3. The molecule has 0 unspecified atom stereocenters. The van der Waals surface area contributed by atoms with E-state index in [4.69, 9.17) is 9.84 Å². The SMILES string of the molecule is OCc1csc(Oc2ccc(Br)cc2)n1. The molecular weight excluding hydrogens is 278 g/mol. The lowest BCUT2D eigenvalue weighted by Crippen LogP contribution is -1.85. The van der Waals surface area contributed by atoms with E-state index >= 15 is 0 Å². The molecule has 0 aliphatic rings. The zero-order chi connectivity index (χ0) is 10.7. The van der Waals surface area contributed by atoms with Gasteiger partial charge in [0.15, 0.2) is 0 Å². The summed E-state index contributed by atoms with van der Waals surface area (Å²) in [6.45, 7) is -0.0554. The zero-order valence-corrected chi connectivity index (χ0v) is 10.1. The molecule has 0 aliphatic heterocycles. The maximum absolute atomic E-state index is 8.84. The van der Waals surface area contributed by atoms with Gasteiger partial charge in [-0.15, -0.1) is 0 Å². The van der Waals surface area contributed by atoms with E-state index in [1.165, 1.54) is 11.3 Å². The van der Waals surface area contributed by atoms with Gasteiger partial charge in [0.1, 0.15) is 5.75 Å². The second-order valence-electron chi connectivity index (χ2n) is 2.82. The van der Waals surface area contributed by atoms with Crippen molar-refractivity contribution in [2.45, 2.75) is 6.61 Å². The molecule has 0 saturated carbocycles. The highest BCUT2D eigenvalue weighted by Gasteiger charge is 2.03. The Morgan fingerprint density at radius 2 is 2.07 bits per heavy atom. The molecule has 0 spiro atoms. The Balaban J connectivity index is 2.11. The fourth-order valence-corrected chi connectivity index (χ4v) is 1.95. The van der Waals surface area contributed by atoms with Crippen molar-refractivity contribution in [2.75, 3.05) is 0 Å². The molecule has 1 N–H and O–H groups in total. The van der Waals surface area contributed by atoms with Gasteiger partial charge in [-0.25, -0.2) is 4.98 Å². The van der Waals surface area contributed by atoms with Crippen LogP contribution < -0.4 is 4.74 Å². The van der Waals surface area contributed by atoms with Crippen LogP contribution in [0, 0.1) is 0 Å². The monoisotopic (exact) mass is 285 g/mol. The Morgan fingerprint density at radius 1 is 1.33 bits per heavy atom. The van der Waals surface area contributed by atoms with Gasteiger partial charge < -0.3 is 9.84 Å². The summed E-state index contributed by atoms with van der Waals surface area (Å²) in [5.41, 5.74) is 0.632. The number of hydrogen-bond donors (Lipinski definition) is 1. The van der Waals surface area contributed by atoms with Crippen molar-refractivity contribution in [2.24, 2.45) is 0 Å². The van der Waals surface area contributed by atoms with Gasteiger partial charge in [-0.2, -0.15) is 0 Å². The third kappa shape index (κ3) is 2.77. The first kappa shape index (κ1) is 10.6. The molecule has 5 heteroatoms. The van der Waals surface area contributed by atoms with Gasteiger partial charge in [0, 0.05) is 9.85 Å². The molecule has 0 atom stereocenters. The number of benzene rings is 1. The lowest BCUT2D eigenvalue weighted by molar-refractivity contribution is 0.276. The number of halogens is 1. The predicted octanol–water partition coefficient (Wildman–Crippen LogP) is 3.19. The van der Waals surface area contributed by atoms with E-state index in [2.05, 4.69) is 20.9 Å². The summed E-state index contributed by atoms with van der Waals surface area (Å²) >= 11 is 4.71. The van der Waals surface area contributed by atoms with Crippen molar-refractivity contribution in [1.82, 2.24) is 4.98 Å². The number of hydrogen-bond acceptors (Lipinski definition) is 4. The highest BCUT2D eigenvalue weighted by molar-refractivity contribution is 9.10. The van der Waals surface area contributed by atoms with Crippen LogP contribution in [-0.2, 0) is 6.61 Å². The van der Waals surface area contributed by atoms with Gasteiger partial charge in [0.2, 0.25) is 0 Å². The van der Waals surface area contributed by atoms with Crippen LogP contribution in [0.1, 0.15) is 5.69 Å². The van der Waals surface area contributed by atoms with Crippen molar-refractivity contribution in [1.29, 1.82) is 0 Å². The average molecular weight is 286 g/mol. The molecule has 0 saturated heterocycles. The Kier molecular flexibility index (Phi) is 3.35. The Labute approximate surface area is 99.5 Å². The van der Waals surface area contributed by atoms with E-state index in [1.54, 1.807) is 5.38 Å². The number of aliphatic hydroxyl groups excluding tert-OH is 1. The van der Waals surface area contributed by atoms with E-state index < -0.39 is 0 Å². The molecule has 0 bridgehead atoms. The maximum atomic E-state index is 8.84. The molecule has 0 radical (unpaired) electrons. The normalized spacial score (nSPS) is 10.3. The number of rotatable bonds is 3. The number of ether oxygens (including phenoxy) is 1. The standard InChI is InChI=1S/C10H8BrNO2S/c11-7-1-3-9(4-2-7)14-10-12-8(5-13)6-15-10/h1-4,6,13H,5H2. The summed E-state index contributed by atoms with van der Waals surface area (Å²) in [6, 6.07) is 7.50. The Morgan fingerprint density at radius 3 is 2.67 bits per heavy atom. The largest absolute Gasteiger partial charge is 0.431 e. The molecule has 78 valence electrons. The van der Waals surface area contributed by atoms with E-state index in [1.807, 2.05) is 24.3 Å². The number of thiazole rings is 1. The van der Waals surface area contributed by atoms with Crippen LogP contribution in [0.3, 0.4) is 0 Å². The second-order valence-corrected chi connectivity index (χ2v) is 4.56. The summed E-state index contributed by atoms with van der Waals surface area (Å²) in [5.74, 6) is 0.733. The van der Waals surface area contributed by atoms with Crippen molar-refractivity contribution < 1.29 is 9.84 Å². The number of nitrogens with zero attached hydrogens (tertiary/aromatic N) is 1. The van der Waals surface area contributed by atoms with Gasteiger partial charge in [-0.05, 0) is 24.3 Å². The van der Waals surface area contributed by atoms with Crippen LogP contribution in [0.5, 0.6) is 10.9 Å². The van der Waals surface area contributed by atoms with Crippen LogP contribution in [-0.4, -0.2) is 10.1 Å². The minimum Gasteiger partial charge on any atom is -0.431 e. The third-order valence-corrected chi connectivity index (χ3v) is 3.01. The Bertz CT molecular complexity index is 441. The summed E-state index contributed by atoms with van der Waals surface area (Å²) in [6.07, 6.45) is 0. The lowest BCUT2D eigenvalue weighted by Gasteiger charge is -2.00.